The summed E-state index contributed by atoms with van der Waals surface area (Å²) in [6.07, 6.45) is 4.68. The molecule has 0 fully saturated rings. The molecule has 0 heterocycles. The largest absolute Gasteiger partial charge is 0.496 e. The predicted octanol–water partition coefficient (Wildman–Crippen LogP) is 1.99. The quantitative estimate of drug-likeness (QED) is 0.740. The van der Waals surface area contributed by atoms with Crippen LogP contribution in [0.25, 0.3) is 6.08 Å². The third-order valence-electron chi connectivity index (χ3n) is 2.74. The maximum atomic E-state index is 11.7. The summed E-state index contributed by atoms with van der Waals surface area (Å²) in [4.78, 5) is 11.7. The fourth-order valence-electron chi connectivity index (χ4n) is 1.73. The van der Waals surface area contributed by atoms with Gasteiger partial charge in [0.25, 0.3) is 0 Å². The van der Waals surface area contributed by atoms with Crippen LogP contribution in [0.15, 0.2) is 30.3 Å². The Hall–Kier alpha value is -1.81. The van der Waals surface area contributed by atoms with Crippen LogP contribution in [0.2, 0.25) is 0 Å². The number of carbonyl (C=O) groups excluding carboxylic acids is 1. The van der Waals surface area contributed by atoms with Crippen LogP contribution in [0.3, 0.4) is 0 Å². The van der Waals surface area contributed by atoms with Gasteiger partial charge < -0.3 is 15.2 Å². The van der Waals surface area contributed by atoms with Gasteiger partial charge in [0.05, 0.1) is 7.11 Å². The monoisotopic (exact) mass is 263 g/mol. The first-order valence-corrected chi connectivity index (χ1v) is 6.40. The molecule has 4 nitrogen and oxygen atoms in total. The van der Waals surface area contributed by atoms with Crippen molar-refractivity contribution >= 4 is 12.0 Å². The second kappa shape index (κ2) is 8.32. The number of carbonyl (C=O) groups is 1. The van der Waals surface area contributed by atoms with Crippen LogP contribution >= 0.6 is 0 Å². The van der Waals surface area contributed by atoms with E-state index in [0.29, 0.717) is 6.42 Å². The lowest BCUT2D eigenvalue weighted by Gasteiger charge is -2.11. The molecule has 0 aliphatic heterocycles. The molecule has 1 amide bonds. The zero-order chi connectivity index (χ0) is 14.1. The van der Waals surface area contributed by atoms with E-state index < -0.39 is 0 Å². The number of benzene rings is 1. The summed E-state index contributed by atoms with van der Waals surface area (Å²) in [5.74, 6) is 0.594. The molecule has 2 N–H and O–H groups in total. The molecular weight excluding hydrogens is 242 g/mol. The third kappa shape index (κ3) is 5.57. The minimum Gasteiger partial charge on any atom is -0.496 e. The van der Waals surface area contributed by atoms with Gasteiger partial charge in [0.2, 0.25) is 5.91 Å². The number of rotatable bonds is 7. The fraction of sp³-hybridized carbons (Fsp3) is 0.400. The smallest absolute Gasteiger partial charge is 0.244 e. The van der Waals surface area contributed by atoms with Gasteiger partial charge in [-0.25, -0.2) is 0 Å². The highest BCUT2D eigenvalue weighted by Crippen LogP contribution is 2.18. The van der Waals surface area contributed by atoms with Gasteiger partial charge in [-0.15, -0.1) is 0 Å². The van der Waals surface area contributed by atoms with Gasteiger partial charge in [0, 0.05) is 24.3 Å². The molecule has 0 aliphatic rings. The highest BCUT2D eigenvalue weighted by molar-refractivity contribution is 5.92. The van der Waals surface area contributed by atoms with Gasteiger partial charge in [-0.3, -0.25) is 4.79 Å². The van der Waals surface area contributed by atoms with Crippen molar-refractivity contribution in [3.8, 4) is 5.75 Å². The van der Waals surface area contributed by atoms with E-state index in [1.807, 2.05) is 31.2 Å². The summed E-state index contributed by atoms with van der Waals surface area (Å²) in [6, 6.07) is 7.57. The molecule has 4 heteroatoms. The summed E-state index contributed by atoms with van der Waals surface area (Å²) in [6.45, 7) is 2.07. The lowest BCUT2D eigenvalue weighted by Crippen LogP contribution is -2.31. The SMILES string of the molecule is COc1ccccc1/C=C/C(=O)NC(C)CCCO. The van der Waals surface area contributed by atoms with Gasteiger partial charge in [0.1, 0.15) is 5.75 Å². The van der Waals surface area contributed by atoms with Crippen LogP contribution in [0.4, 0.5) is 0 Å². The first kappa shape index (κ1) is 15.2. The van der Waals surface area contributed by atoms with Crippen LogP contribution in [0, 0.1) is 0 Å². The van der Waals surface area contributed by atoms with E-state index in [0.717, 1.165) is 17.7 Å². The van der Waals surface area contributed by atoms with Crippen molar-refractivity contribution < 1.29 is 14.6 Å². The molecule has 19 heavy (non-hydrogen) atoms. The van der Waals surface area contributed by atoms with Crippen molar-refractivity contribution in [2.45, 2.75) is 25.8 Å². The van der Waals surface area contributed by atoms with Crippen LogP contribution in [0.1, 0.15) is 25.3 Å². The molecule has 0 spiro atoms. The van der Waals surface area contributed by atoms with Gasteiger partial charge >= 0.3 is 0 Å². The Morgan fingerprint density at radius 3 is 2.89 bits per heavy atom. The molecule has 0 aliphatic carbocycles. The van der Waals surface area contributed by atoms with Gasteiger partial charge in [-0.1, -0.05) is 18.2 Å². The van der Waals surface area contributed by atoms with Crippen LogP contribution < -0.4 is 10.1 Å². The lowest BCUT2D eigenvalue weighted by atomic mass is 10.1. The minimum atomic E-state index is -0.142. The lowest BCUT2D eigenvalue weighted by molar-refractivity contribution is -0.117. The number of aliphatic hydroxyl groups is 1. The molecule has 0 bridgehead atoms. The van der Waals surface area contributed by atoms with E-state index in [9.17, 15) is 4.79 Å². The van der Waals surface area contributed by atoms with E-state index in [1.54, 1.807) is 13.2 Å². The Morgan fingerprint density at radius 1 is 1.47 bits per heavy atom. The summed E-state index contributed by atoms with van der Waals surface area (Å²) >= 11 is 0. The third-order valence-corrected chi connectivity index (χ3v) is 2.74. The van der Waals surface area contributed by atoms with Gasteiger partial charge in [-0.05, 0) is 31.9 Å². The molecule has 1 rings (SSSR count). The van der Waals surface area contributed by atoms with Gasteiger partial charge in [-0.2, -0.15) is 0 Å². The van der Waals surface area contributed by atoms with Crippen molar-refractivity contribution in [1.82, 2.24) is 5.32 Å². The standard InChI is InChI=1S/C15H21NO3/c1-12(6-5-11-17)16-15(18)10-9-13-7-3-4-8-14(13)19-2/h3-4,7-10,12,17H,5-6,11H2,1-2H3,(H,16,18)/b10-9+. The second-order valence-electron chi connectivity index (χ2n) is 4.35. The summed E-state index contributed by atoms with van der Waals surface area (Å²) in [7, 11) is 1.60. The number of nitrogens with one attached hydrogen (secondary N) is 1. The maximum Gasteiger partial charge on any atom is 0.244 e. The second-order valence-corrected chi connectivity index (χ2v) is 4.35. The highest BCUT2D eigenvalue weighted by Gasteiger charge is 2.04. The molecule has 1 atom stereocenters. The van der Waals surface area contributed by atoms with Crippen molar-refractivity contribution in [2.75, 3.05) is 13.7 Å². The molecule has 0 saturated carbocycles. The van der Waals surface area contributed by atoms with Crippen molar-refractivity contribution in [3.63, 3.8) is 0 Å². The number of hydrogen-bond acceptors (Lipinski definition) is 3. The molecule has 1 aromatic rings. The number of ether oxygens (including phenoxy) is 1. The molecule has 104 valence electrons. The van der Waals surface area contributed by atoms with E-state index in [4.69, 9.17) is 9.84 Å². The Labute approximate surface area is 114 Å². The Bertz CT molecular complexity index is 429. The molecule has 0 radical (unpaired) electrons. The van der Waals surface area contributed by atoms with E-state index in [-0.39, 0.29) is 18.6 Å². The molecule has 1 unspecified atom stereocenters. The first-order chi connectivity index (χ1) is 9.17. The summed E-state index contributed by atoms with van der Waals surface area (Å²) in [5, 5.41) is 11.6. The summed E-state index contributed by atoms with van der Waals surface area (Å²) < 4.78 is 5.20. The van der Waals surface area contributed by atoms with E-state index in [1.165, 1.54) is 6.08 Å². The van der Waals surface area contributed by atoms with Crippen molar-refractivity contribution in [2.24, 2.45) is 0 Å². The molecule has 0 aromatic heterocycles. The van der Waals surface area contributed by atoms with Crippen LogP contribution in [0.5, 0.6) is 5.75 Å². The zero-order valence-electron chi connectivity index (χ0n) is 11.4. The number of amides is 1. The molecule has 1 aromatic carbocycles. The molecule has 0 saturated heterocycles. The zero-order valence-corrected chi connectivity index (χ0v) is 11.4. The highest BCUT2D eigenvalue weighted by atomic mass is 16.5. The maximum absolute atomic E-state index is 11.7. The topological polar surface area (TPSA) is 58.6 Å². The van der Waals surface area contributed by atoms with Crippen LogP contribution in [-0.2, 0) is 4.79 Å². The number of hydrogen-bond donors (Lipinski definition) is 2. The first-order valence-electron chi connectivity index (χ1n) is 6.40. The van der Waals surface area contributed by atoms with Crippen LogP contribution in [-0.4, -0.2) is 30.8 Å². The van der Waals surface area contributed by atoms with Crippen molar-refractivity contribution in [3.05, 3.63) is 35.9 Å². The fourth-order valence-corrected chi connectivity index (χ4v) is 1.73. The number of methoxy groups -OCH3 is 1. The van der Waals surface area contributed by atoms with E-state index in [2.05, 4.69) is 5.32 Å². The molecular formula is C15H21NO3. The van der Waals surface area contributed by atoms with Gasteiger partial charge in [0.15, 0.2) is 0 Å². The minimum absolute atomic E-state index is 0.0574. The summed E-state index contributed by atoms with van der Waals surface area (Å²) in [5.41, 5.74) is 0.864. The Balaban J connectivity index is 2.53. The Morgan fingerprint density at radius 2 is 2.21 bits per heavy atom. The van der Waals surface area contributed by atoms with Crippen molar-refractivity contribution in [1.29, 1.82) is 0 Å². The average molecular weight is 263 g/mol. The number of aliphatic hydroxyl groups excluding tert-OH is 1. The Kier molecular flexibility index (Phi) is 6.68. The average Bonchev–Trinajstić information content (AvgIpc) is 2.43. The normalized spacial score (nSPS) is 12.4. The predicted molar refractivity (Wildman–Crippen MR) is 76.0 cm³/mol. The number of para-hydroxylation sites is 1. The van der Waals surface area contributed by atoms with E-state index >= 15 is 0 Å².